The standard InChI is InChI=1S/C33H31ClN6O5/c34-29-12-10-25(21-36-29)32(44)38-27-18-23(31(43)37-26(19-30(41)42)24-8-4-13-35-20-24)9-11-28(27)39-14-5-15-40(17-16-39)33(45)22-6-2-1-3-7-22/h1-4,6-13,18,20-21,26H,5,14-17,19H2,(H,37,43)(H,38,44)(H,41,42). The zero-order valence-electron chi connectivity index (χ0n) is 24.2. The second-order valence-corrected chi connectivity index (χ2v) is 10.9. The van der Waals surface area contributed by atoms with Crippen molar-refractivity contribution in [2.45, 2.75) is 18.9 Å². The maximum absolute atomic E-state index is 13.4. The quantitative estimate of drug-likeness (QED) is 0.227. The first-order valence-electron chi connectivity index (χ1n) is 14.4. The minimum absolute atomic E-state index is 0.0437. The number of amides is 3. The van der Waals surface area contributed by atoms with Crippen LogP contribution < -0.4 is 15.5 Å². The van der Waals surface area contributed by atoms with E-state index >= 15 is 0 Å². The molecule has 2 aromatic carbocycles. The zero-order valence-corrected chi connectivity index (χ0v) is 25.0. The fourth-order valence-corrected chi connectivity index (χ4v) is 5.24. The van der Waals surface area contributed by atoms with Crippen LogP contribution in [-0.4, -0.2) is 69.8 Å². The van der Waals surface area contributed by atoms with E-state index in [1.165, 1.54) is 18.5 Å². The number of carbonyl (C=O) groups excluding carboxylic acids is 3. The number of anilines is 2. The summed E-state index contributed by atoms with van der Waals surface area (Å²) in [6.07, 6.45) is 4.78. The summed E-state index contributed by atoms with van der Waals surface area (Å²) < 4.78 is 0. The molecule has 1 fully saturated rings. The Morgan fingerprint density at radius 1 is 0.844 bits per heavy atom. The highest BCUT2D eigenvalue weighted by Gasteiger charge is 2.24. The van der Waals surface area contributed by atoms with Gasteiger partial charge in [0.15, 0.2) is 0 Å². The number of hydrogen-bond donors (Lipinski definition) is 3. The van der Waals surface area contributed by atoms with Crippen LogP contribution in [0.4, 0.5) is 11.4 Å². The maximum Gasteiger partial charge on any atom is 0.305 e. The lowest BCUT2D eigenvalue weighted by molar-refractivity contribution is -0.137. The monoisotopic (exact) mass is 626 g/mol. The molecule has 5 rings (SSSR count). The molecule has 45 heavy (non-hydrogen) atoms. The van der Waals surface area contributed by atoms with Crippen LogP contribution in [0.1, 0.15) is 55.5 Å². The number of nitrogens with one attached hydrogen (secondary N) is 2. The predicted octanol–water partition coefficient (Wildman–Crippen LogP) is 4.68. The summed E-state index contributed by atoms with van der Waals surface area (Å²) in [4.78, 5) is 63.3. The number of pyridine rings is 2. The number of aliphatic carboxylic acids is 1. The van der Waals surface area contributed by atoms with Crippen LogP contribution in [-0.2, 0) is 4.79 Å². The van der Waals surface area contributed by atoms with Crippen molar-refractivity contribution in [2.24, 2.45) is 0 Å². The van der Waals surface area contributed by atoms with Gasteiger partial charge < -0.3 is 25.5 Å². The number of aromatic nitrogens is 2. The van der Waals surface area contributed by atoms with E-state index in [2.05, 4.69) is 25.5 Å². The van der Waals surface area contributed by atoms with Gasteiger partial charge in [0.05, 0.1) is 29.4 Å². The first-order chi connectivity index (χ1) is 21.8. The largest absolute Gasteiger partial charge is 0.481 e. The summed E-state index contributed by atoms with van der Waals surface area (Å²) in [6, 6.07) is 19.7. The first-order valence-corrected chi connectivity index (χ1v) is 14.7. The minimum atomic E-state index is -1.08. The molecule has 0 bridgehead atoms. The molecule has 3 amide bonds. The van der Waals surface area contributed by atoms with Gasteiger partial charge in [0.1, 0.15) is 5.15 Å². The van der Waals surface area contributed by atoms with Gasteiger partial charge in [-0.05, 0) is 60.5 Å². The number of nitrogens with zero attached hydrogens (tertiary/aromatic N) is 4. The van der Waals surface area contributed by atoms with Crippen molar-refractivity contribution in [3.8, 4) is 0 Å². The Kier molecular flexibility index (Phi) is 10.0. The number of carboxylic acids is 1. The maximum atomic E-state index is 13.4. The molecular formula is C33H31ClN6O5. The van der Waals surface area contributed by atoms with Gasteiger partial charge in [0.2, 0.25) is 0 Å². The van der Waals surface area contributed by atoms with Crippen LogP contribution in [0.25, 0.3) is 0 Å². The van der Waals surface area contributed by atoms with Gasteiger partial charge >= 0.3 is 5.97 Å². The van der Waals surface area contributed by atoms with Crippen molar-refractivity contribution >= 4 is 46.7 Å². The molecule has 12 heteroatoms. The Morgan fingerprint density at radius 3 is 2.36 bits per heavy atom. The molecule has 230 valence electrons. The molecular weight excluding hydrogens is 596 g/mol. The van der Waals surface area contributed by atoms with Crippen LogP contribution in [0.3, 0.4) is 0 Å². The average Bonchev–Trinajstić information content (AvgIpc) is 3.31. The second kappa shape index (κ2) is 14.5. The summed E-state index contributed by atoms with van der Waals surface area (Å²) >= 11 is 5.90. The third kappa shape index (κ3) is 8.01. The summed E-state index contributed by atoms with van der Waals surface area (Å²) in [5.41, 5.74) is 2.71. The molecule has 0 saturated carbocycles. The van der Waals surface area contributed by atoms with E-state index in [1.807, 2.05) is 23.1 Å². The molecule has 3 heterocycles. The van der Waals surface area contributed by atoms with Gasteiger partial charge in [-0.2, -0.15) is 0 Å². The van der Waals surface area contributed by atoms with Gasteiger partial charge in [0.25, 0.3) is 17.7 Å². The van der Waals surface area contributed by atoms with Gasteiger partial charge in [-0.25, -0.2) is 4.98 Å². The third-order valence-corrected chi connectivity index (χ3v) is 7.64. The van der Waals surface area contributed by atoms with Crippen molar-refractivity contribution < 1.29 is 24.3 Å². The summed E-state index contributed by atoms with van der Waals surface area (Å²) in [6.45, 7) is 2.14. The molecule has 0 spiro atoms. The number of hydrogen-bond acceptors (Lipinski definition) is 7. The van der Waals surface area contributed by atoms with Crippen molar-refractivity contribution in [1.82, 2.24) is 20.2 Å². The van der Waals surface area contributed by atoms with Crippen LogP contribution in [0.15, 0.2) is 91.4 Å². The van der Waals surface area contributed by atoms with Crippen LogP contribution in [0.5, 0.6) is 0 Å². The lowest BCUT2D eigenvalue weighted by atomic mass is 10.0. The van der Waals surface area contributed by atoms with E-state index in [9.17, 15) is 24.3 Å². The Morgan fingerprint density at radius 2 is 1.64 bits per heavy atom. The molecule has 0 radical (unpaired) electrons. The molecule has 1 unspecified atom stereocenters. The molecule has 1 aliphatic rings. The van der Waals surface area contributed by atoms with E-state index in [0.29, 0.717) is 55.1 Å². The number of carbonyl (C=O) groups is 4. The molecule has 1 saturated heterocycles. The lowest BCUT2D eigenvalue weighted by Crippen LogP contribution is -2.35. The zero-order chi connectivity index (χ0) is 31.8. The topological polar surface area (TPSA) is 145 Å². The average molecular weight is 627 g/mol. The van der Waals surface area contributed by atoms with E-state index in [4.69, 9.17) is 11.6 Å². The van der Waals surface area contributed by atoms with Gasteiger partial charge in [-0.1, -0.05) is 35.9 Å². The van der Waals surface area contributed by atoms with E-state index in [-0.39, 0.29) is 28.6 Å². The van der Waals surface area contributed by atoms with Crippen LogP contribution >= 0.6 is 11.6 Å². The Labute approximate surface area is 264 Å². The Hall–Kier alpha value is -5.29. The smallest absolute Gasteiger partial charge is 0.305 e. The minimum Gasteiger partial charge on any atom is -0.481 e. The summed E-state index contributed by atoms with van der Waals surface area (Å²) in [5, 5.41) is 15.4. The van der Waals surface area contributed by atoms with Gasteiger partial charge in [0, 0.05) is 55.9 Å². The van der Waals surface area contributed by atoms with E-state index in [1.54, 1.807) is 54.7 Å². The van der Waals surface area contributed by atoms with Crippen LogP contribution in [0.2, 0.25) is 5.15 Å². The van der Waals surface area contributed by atoms with Crippen molar-refractivity contribution in [1.29, 1.82) is 0 Å². The first kappa shape index (κ1) is 31.1. The molecule has 1 aliphatic heterocycles. The fraction of sp³-hybridized carbons (Fsp3) is 0.212. The number of rotatable bonds is 9. The summed E-state index contributed by atoms with van der Waals surface area (Å²) in [5.74, 6) is -2.09. The number of halogens is 1. The highest BCUT2D eigenvalue weighted by molar-refractivity contribution is 6.29. The number of carboxylic acid groups (broad SMARTS) is 1. The molecule has 2 aromatic heterocycles. The molecule has 11 nitrogen and oxygen atoms in total. The summed E-state index contributed by atoms with van der Waals surface area (Å²) in [7, 11) is 0. The van der Waals surface area contributed by atoms with E-state index < -0.39 is 23.8 Å². The van der Waals surface area contributed by atoms with Gasteiger partial charge in [-0.15, -0.1) is 0 Å². The Bertz CT molecular complexity index is 1670. The number of benzene rings is 2. The van der Waals surface area contributed by atoms with Crippen molar-refractivity contribution in [3.05, 3.63) is 119 Å². The predicted molar refractivity (Wildman–Crippen MR) is 170 cm³/mol. The van der Waals surface area contributed by atoms with Crippen LogP contribution in [0, 0.1) is 0 Å². The highest BCUT2D eigenvalue weighted by atomic mass is 35.5. The Balaban J connectivity index is 1.41. The molecule has 1 atom stereocenters. The molecule has 0 aliphatic carbocycles. The van der Waals surface area contributed by atoms with E-state index in [0.717, 1.165) is 0 Å². The lowest BCUT2D eigenvalue weighted by Gasteiger charge is -2.27. The SMILES string of the molecule is O=C(O)CC(NC(=O)c1ccc(N2CCCN(C(=O)c3ccccc3)CC2)c(NC(=O)c2ccc(Cl)nc2)c1)c1cccnc1. The molecule has 3 N–H and O–H groups in total. The second-order valence-electron chi connectivity index (χ2n) is 10.5. The van der Waals surface area contributed by atoms with Crippen molar-refractivity contribution in [3.63, 3.8) is 0 Å². The third-order valence-electron chi connectivity index (χ3n) is 7.41. The fourth-order valence-electron chi connectivity index (χ4n) is 5.13. The van der Waals surface area contributed by atoms with Gasteiger partial charge in [-0.3, -0.25) is 24.2 Å². The normalized spacial score (nSPS) is 13.8. The highest BCUT2D eigenvalue weighted by Crippen LogP contribution is 2.30. The van der Waals surface area contributed by atoms with Crippen molar-refractivity contribution in [2.75, 3.05) is 36.4 Å². The molecule has 4 aromatic rings.